The zero-order valence-corrected chi connectivity index (χ0v) is 12.8. The van der Waals surface area contributed by atoms with Gasteiger partial charge in [-0.15, -0.1) is 0 Å². The number of rotatable bonds is 5. The minimum absolute atomic E-state index is 0.572. The molecule has 0 amide bonds. The molecule has 0 heterocycles. The van der Waals surface area contributed by atoms with E-state index in [0.717, 1.165) is 17.9 Å². The predicted octanol–water partition coefficient (Wildman–Crippen LogP) is 4.76. The lowest BCUT2D eigenvalue weighted by Crippen LogP contribution is -2.46. The zero-order valence-electron chi connectivity index (χ0n) is 12.8. The number of nitrogens with one attached hydrogen (secondary N) is 1. The summed E-state index contributed by atoms with van der Waals surface area (Å²) < 4.78 is 0. The van der Waals surface area contributed by atoms with Crippen LogP contribution in [0.1, 0.15) is 78.6 Å². The van der Waals surface area contributed by atoms with Crippen molar-refractivity contribution in [2.75, 3.05) is 6.54 Å². The summed E-state index contributed by atoms with van der Waals surface area (Å²) in [5.74, 6) is 1.89. The largest absolute Gasteiger partial charge is 0.313 e. The second-order valence-electron chi connectivity index (χ2n) is 7.37. The molecule has 0 aromatic rings. The lowest BCUT2D eigenvalue weighted by Gasteiger charge is -2.41. The molecule has 0 radical (unpaired) electrons. The highest BCUT2D eigenvalue weighted by Crippen LogP contribution is 2.47. The molecule has 1 N–H and O–H groups in total. The maximum atomic E-state index is 3.94. The predicted molar refractivity (Wildman–Crippen MR) is 79.8 cm³/mol. The van der Waals surface area contributed by atoms with Gasteiger partial charge in [0.1, 0.15) is 0 Å². The quantitative estimate of drug-likeness (QED) is 0.743. The third kappa shape index (κ3) is 3.29. The summed E-state index contributed by atoms with van der Waals surface area (Å²) in [6, 6.07) is 0.808. The Kier molecular flexibility index (Phi) is 5.12. The molecular formula is C17H33N. The fourth-order valence-corrected chi connectivity index (χ4v) is 4.46. The van der Waals surface area contributed by atoms with Crippen LogP contribution < -0.4 is 5.32 Å². The average Bonchev–Trinajstić information content (AvgIpc) is 2.71. The molecule has 2 aliphatic rings. The van der Waals surface area contributed by atoms with Gasteiger partial charge in [-0.1, -0.05) is 46.5 Å². The minimum atomic E-state index is 0.572. The molecule has 0 aromatic carbocycles. The molecule has 0 bridgehead atoms. The van der Waals surface area contributed by atoms with Crippen LogP contribution in [0.4, 0.5) is 0 Å². The van der Waals surface area contributed by atoms with Crippen molar-refractivity contribution in [1.29, 1.82) is 0 Å². The van der Waals surface area contributed by atoms with Crippen LogP contribution in [0.3, 0.4) is 0 Å². The Morgan fingerprint density at radius 2 is 1.78 bits per heavy atom. The molecule has 2 fully saturated rings. The Morgan fingerprint density at radius 3 is 2.33 bits per heavy atom. The Hall–Kier alpha value is -0.0400. The van der Waals surface area contributed by atoms with Crippen LogP contribution in [0, 0.1) is 17.3 Å². The fourth-order valence-electron chi connectivity index (χ4n) is 4.46. The van der Waals surface area contributed by atoms with Crippen molar-refractivity contribution in [3.05, 3.63) is 0 Å². The van der Waals surface area contributed by atoms with Gasteiger partial charge in [-0.05, 0) is 55.9 Å². The summed E-state index contributed by atoms with van der Waals surface area (Å²) in [4.78, 5) is 0. The molecule has 0 saturated heterocycles. The summed E-state index contributed by atoms with van der Waals surface area (Å²) in [7, 11) is 0. The van der Waals surface area contributed by atoms with E-state index in [2.05, 4.69) is 26.1 Å². The Bertz CT molecular complexity index is 240. The van der Waals surface area contributed by atoms with Crippen LogP contribution in [0.15, 0.2) is 0 Å². The van der Waals surface area contributed by atoms with Gasteiger partial charge in [-0.25, -0.2) is 0 Å². The molecular weight excluding hydrogens is 218 g/mol. The summed E-state index contributed by atoms with van der Waals surface area (Å²) >= 11 is 0. The van der Waals surface area contributed by atoms with Crippen molar-refractivity contribution >= 4 is 0 Å². The lowest BCUT2D eigenvalue weighted by molar-refractivity contribution is 0.131. The monoisotopic (exact) mass is 251 g/mol. The van der Waals surface area contributed by atoms with Crippen molar-refractivity contribution in [3.63, 3.8) is 0 Å². The van der Waals surface area contributed by atoms with Crippen LogP contribution in [-0.2, 0) is 0 Å². The third-order valence-corrected chi connectivity index (χ3v) is 5.56. The van der Waals surface area contributed by atoms with Crippen LogP contribution >= 0.6 is 0 Å². The van der Waals surface area contributed by atoms with Crippen LogP contribution in [0.25, 0.3) is 0 Å². The Morgan fingerprint density at radius 1 is 1.06 bits per heavy atom. The number of hydrogen-bond donors (Lipinski definition) is 1. The smallest absolute Gasteiger partial charge is 0.0129 e. The standard InChI is InChI=1S/C17H33N/c1-4-13-18-16(14-9-6-5-7-10-14)15-11-8-12-17(15,2)3/h14-16,18H,4-13H2,1-3H3. The molecule has 2 rings (SSSR count). The Balaban J connectivity index is 2.03. The van der Waals surface area contributed by atoms with Crippen molar-refractivity contribution in [2.24, 2.45) is 17.3 Å². The normalized spacial score (nSPS) is 30.5. The van der Waals surface area contributed by atoms with Gasteiger partial charge in [-0.3, -0.25) is 0 Å². The second-order valence-corrected chi connectivity index (χ2v) is 7.37. The van der Waals surface area contributed by atoms with Crippen molar-refractivity contribution in [2.45, 2.75) is 84.6 Å². The van der Waals surface area contributed by atoms with E-state index in [1.165, 1.54) is 64.3 Å². The van der Waals surface area contributed by atoms with E-state index < -0.39 is 0 Å². The summed E-state index contributed by atoms with van der Waals surface area (Å²) in [5, 5.41) is 3.94. The first kappa shape index (κ1) is 14.4. The molecule has 0 aliphatic heterocycles. The lowest BCUT2D eigenvalue weighted by atomic mass is 9.70. The molecule has 2 aliphatic carbocycles. The SMILES string of the molecule is CCCNC(C1CCCCC1)C1CCCC1(C)C. The van der Waals surface area contributed by atoms with E-state index in [4.69, 9.17) is 0 Å². The van der Waals surface area contributed by atoms with Gasteiger partial charge >= 0.3 is 0 Å². The first-order chi connectivity index (χ1) is 8.65. The first-order valence-electron chi connectivity index (χ1n) is 8.38. The second kappa shape index (κ2) is 6.41. The number of hydrogen-bond acceptors (Lipinski definition) is 1. The highest BCUT2D eigenvalue weighted by molar-refractivity contribution is 4.95. The molecule has 2 unspecified atom stereocenters. The van der Waals surface area contributed by atoms with E-state index in [0.29, 0.717) is 5.41 Å². The van der Waals surface area contributed by atoms with Crippen LogP contribution in [-0.4, -0.2) is 12.6 Å². The van der Waals surface area contributed by atoms with Gasteiger partial charge in [-0.2, -0.15) is 0 Å². The maximum absolute atomic E-state index is 3.94. The van der Waals surface area contributed by atoms with Gasteiger partial charge < -0.3 is 5.32 Å². The van der Waals surface area contributed by atoms with Gasteiger partial charge in [0, 0.05) is 6.04 Å². The molecule has 1 heteroatoms. The molecule has 0 aromatic heterocycles. The fraction of sp³-hybridized carbons (Fsp3) is 1.00. The Labute approximate surface area is 114 Å². The maximum Gasteiger partial charge on any atom is 0.0129 e. The molecule has 2 atom stereocenters. The van der Waals surface area contributed by atoms with E-state index in [1.807, 2.05) is 0 Å². The van der Waals surface area contributed by atoms with Crippen molar-refractivity contribution in [3.8, 4) is 0 Å². The topological polar surface area (TPSA) is 12.0 Å². The van der Waals surface area contributed by atoms with Crippen LogP contribution in [0.5, 0.6) is 0 Å². The zero-order chi connectivity index (χ0) is 13.0. The van der Waals surface area contributed by atoms with E-state index >= 15 is 0 Å². The van der Waals surface area contributed by atoms with Crippen LogP contribution in [0.2, 0.25) is 0 Å². The first-order valence-corrected chi connectivity index (χ1v) is 8.38. The van der Waals surface area contributed by atoms with E-state index in [1.54, 1.807) is 0 Å². The minimum Gasteiger partial charge on any atom is -0.313 e. The summed E-state index contributed by atoms with van der Waals surface area (Å²) in [5.41, 5.74) is 0.572. The third-order valence-electron chi connectivity index (χ3n) is 5.56. The molecule has 2 saturated carbocycles. The van der Waals surface area contributed by atoms with Crippen molar-refractivity contribution in [1.82, 2.24) is 5.32 Å². The van der Waals surface area contributed by atoms with Gasteiger partial charge in [0.05, 0.1) is 0 Å². The summed E-state index contributed by atoms with van der Waals surface area (Å²) in [6.07, 6.45) is 13.0. The molecule has 18 heavy (non-hydrogen) atoms. The summed E-state index contributed by atoms with van der Waals surface area (Å²) in [6.45, 7) is 8.53. The molecule has 0 spiro atoms. The average molecular weight is 251 g/mol. The molecule has 106 valence electrons. The van der Waals surface area contributed by atoms with Gasteiger partial charge in [0.15, 0.2) is 0 Å². The van der Waals surface area contributed by atoms with E-state index in [-0.39, 0.29) is 0 Å². The van der Waals surface area contributed by atoms with Crippen molar-refractivity contribution < 1.29 is 0 Å². The highest BCUT2D eigenvalue weighted by atomic mass is 14.9. The van der Waals surface area contributed by atoms with Gasteiger partial charge in [0.25, 0.3) is 0 Å². The highest BCUT2D eigenvalue weighted by Gasteiger charge is 2.42. The van der Waals surface area contributed by atoms with Gasteiger partial charge in [0.2, 0.25) is 0 Å². The van der Waals surface area contributed by atoms with E-state index in [9.17, 15) is 0 Å². The molecule has 1 nitrogen and oxygen atoms in total.